The van der Waals surface area contributed by atoms with Gasteiger partial charge in [-0.05, 0) is 28.8 Å². The molecule has 0 atom stereocenters. The lowest BCUT2D eigenvalue weighted by molar-refractivity contribution is -0.177. The summed E-state index contributed by atoms with van der Waals surface area (Å²) >= 11 is 3.33. The molecule has 1 saturated carbocycles. The Morgan fingerprint density at radius 3 is 2.39 bits per heavy atom. The van der Waals surface area contributed by atoms with E-state index in [-0.39, 0.29) is 5.79 Å². The van der Waals surface area contributed by atoms with Crippen LogP contribution < -0.4 is 5.32 Å². The Hall–Kier alpha value is -0.720. The van der Waals surface area contributed by atoms with Crippen LogP contribution in [0.15, 0.2) is 16.9 Å². The number of halogens is 1. The molecular formula is C12H16BrN3O2. The summed E-state index contributed by atoms with van der Waals surface area (Å²) in [7, 11) is 0. The second-order valence-electron chi connectivity index (χ2n) is 4.75. The van der Waals surface area contributed by atoms with Crippen LogP contribution in [0.3, 0.4) is 0 Å². The molecule has 1 saturated heterocycles. The van der Waals surface area contributed by atoms with Crippen molar-refractivity contribution < 1.29 is 9.47 Å². The number of ether oxygens (including phenoxy) is 2. The van der Waals surface area contributed by atoms with Crippen molar-refractivity contribution in [2.45, 2.75) is 37.5 Å². The third kappa shape index (κ3) is 2.65. The highest BCUT2D eigenvalue weighted by atomic mass is 79.9. The first-order valence-corrected chi connectivity index (χ1v) is 7.07. The van der Waals surface area contributed by atoms with Crippen molar-refractivity contribution in [2.75, 3.05) is 18.5 Å². The van der Waals surface area contributed by atoms with Gasteiger partial charge in [-0.25, -0.2) is 9.97 Å². The molecule has 1 aromatic heterocycles. The van der Waals surface area contributed by atoms with Gasteiger partial charge in [0.25, 0.3) is 0 Å². The molecule has 3 rings (SSSR count). The molecule has 1 aliphatic carbocycles. The zero-order valence-electron chi connectivity index (χ0n) is 10.1. The zero-order valence-corrected chi connectivity index (χ0v) is 11.6. The van der Waals surface area contributed by atoms with Crippen molar-refractivity contribution in [3.05, 3.63) is 16.9 Å². The van der Waals surface area contributed by atoms with Gasteiger partial charge in [0.05, 0.1) is 17.7 Å². The van der Waals surface area contributed by atoms with Crippen LogP contribution in [0.25, 0.3) is 0 Å². The minimum atomic E-state index is -0.293. The number of anilines is 1. The molecule has 5 nitrogen and oxygen atoms in total. The van der Waals surface area contributed by atoms with E-state index in [2.05, 4.69) is 31.2 Å². The average Bonchev–Trinajstić information content (AvgIpc) is 2.84. The molecule has 0 bridgehead atoms. The lowest BCUT2D eigenvalue weighted by atomic mass is 9.90. The number of hydrogen-bond acceptors (Lipinski definition) is 5. The van der Waals surface area contributed by atoms with E-state index < -0.39 is 0 Å². The Balaban J connectivity index is 1.55. The van der Waals surface area contributed by atoms with Gasteiger partial charge in [0, 0.05) is 31.3 Å². The van der Waals surface area contributed by atoms with Crippen LogP contribution in [-0.4, -0.2) is 35.0 Å². The topological polar surface area (TPSA) is 56.3 Å². The monoisotopic (exact) mass is 313 g/mol. The molecule has 2 fully saturated rings. The highest BCUT2D eigenvalue weighted by Crippen LogP contribution is 2.36. The fraction of sp³-hybridized carbons (Fsp3) is 0.667. The van der Waals surface area contributed by atoms with Crippen molar-refractivity contribution in [1.82, 2.24) is 9.97 Å². The molecule has 1 spiro atoms. The maximum absolute atomic E-state index is 5.71. The van der Waals surface area contributed by atoms with E-state index >= 15 is 0 Å². The first-order valence-electron chi connectivity index (χ1n) is 6.28. The molecule has 18 heavy (non-hydrogen) atoms. The lowest BCUT2D eigenvalue weighted by Gasteiger charge is -2.35. The highest BCUT2D eigenvalue weighted by Gasteiger charge is 2.40. The predicted molar refractivity (Wildman–Crippen MR) is 70.2 cm³/mol. The summed E-state index contributed by atoms with van der Waals surface area (Å²) in [6.45, 7) is 1.46. The van der Waals surface area contributed by atoms with E-state index in [1.54, 1.807) is 12.4 Å². The Morgan fingerprint density at radius 2 is 1.78 bits per heavy atom. The third-order valence-corrected chi connectivity index (χ3v) is 3.92. The summed E-state index contributed by atoms with van der Waals surface area (Å²) in [6, 6.07) is 0.407. The van der Waals surface area contributed by atoms with Crippen molar-refractivity contribution in [3.63, 3.8) is 0 Å². The van der Waals surface area contributed by atoms with Crippen molar-refractivity contribution in [3.8, 4) is 0 Å². The van der Waals surface area contributed by atoms with Crippen LogP contribution in [0.4, 0.5) is 5.95 Å². The molecule has 0 radical (unpaired) electrons. The Labute approximate surface area is 114 Å². The molecule has 0 aromatic carbocycles. The minimum Gasteiger partial charge on any atom is -0.351 e. The molecule has 98 valence electrons. The maximum atomic E-state index is 5.71. The summed E-state index contributed by atoms with van der Waals surface area (Å²) in [5.41, 5.74) is 0. The normalized spacial score (nSPS) is 23.4. The van der Waals surface area contributed by atoms with E-state index in [1.165, 1.54) is 0 Å². The highest BCUT2D eigenvalue weighted by molar-refractivity contribution is 9.10. The number of aromatic nitrogens is 2. The maximum Gasteiger partial charge on any atom is 0.222 e. The van der Waals surface area contributed by atoms with Gasteiger partial charge >= 0.3 is 0 Å². The SMILES string of the molecule is Brc1cnc(NC2CCC3(CC2)OCCO3)nc1. The summed E-state index contributed by atoms with van der Waals surface area (Å²) in [5.74, 6) is 0.395. The van der Waals surface area contributed by atoms with Crippen LogP contribution >= 0.6 is 15.9 Å². The molecular weight excluding hydrogens is 298 g/mol. The molecule has 0 unspecified atom stereocenters. The Kier molecular flexibility index (Phi) is 3.50. The fourth-order valence-corrected chi connectivity index (χ4v) is 2.76. The quantitative estimate of drug-likeness (QED) is 0.908. The lowest BCUT2D eigenvalue weighted by Crippen LogP contribution is -2.39. The largest absolute Gasteiger partial charge is 0.351 e. The minimum absolute atomic E-state index is 0.293. The van der Waals surface area contributed by atoms with Gasteiger partial charge in [-0.15, -0.1) is 0 Å². The van der Waals surface area contributed by atoms with Crippen LogP contribution in [0.1, 0.15) is 25.7 Å². The number of rotatable bonds is 2. The summed E-state index contributed by atoms with van der Waals surface area (Å²) in [5, 5.41) is 3.36. The van der Waals surface area contributed by atoms with Crippen LogP contribution in [0.2, 0.25) is 0 Å². The molecule has 0 amide bonds. The molecule has 1 aromatic rings. The number of nitrogens with zero attached hydrogens (tertiary/aromatic N) is 2. The van der Waals surface area contributed by atoms with E-state index in [0.717, 1.165) is 43.4 Å². The summed E-state index contributed by atoms with van der Waals surface area (Å²) < 4.78 is 12.3. The Morgan fingerprint density at radius 1 is 1.17 bits per heavy atom. The van der Waals surface area contributed by atoms with Crippen molar-refractivity contribution in [1.29, 1.82) is 0 Å². The zero-order chi connectivity index (χ0) is 12.4. The second-order valence-corrected chi connectivity index (χ2v) is 5.67. The van der Waals surface area contributed by atoms with Gasteiger partial charge in [0.1, 0.15) is 0 Å². The van der Waals surface area contributed by atoms with E-state index in [0.29, 0.717) is 12.0 Å². The van der Waals surface area contributed by atoms with Crippen molar-refractivity contribution in [2.24, 2.45) is 0 Å². The van der Waals surface area contributed by atoms with Gasteiger partial charge in [-0.2, -0.15) is 0 Å². The second kappa shape index (κ2) is 5.11. The van der Waals surface area contributed by atoms with Crippen molar-refractivity contribution >= 4 is 21.9 Å². The molecule has 6 heteroatoms. The molecule has 1 N–H and O–H groups in total. The first kappa shape index (κ1) is 12.3. The van der Waals surface area contributed by atoms with Crippen LogP contribution in [0, 0.1) is 0 Å². The van der Waals surface area contributed by atoms with Gasteiger partial charge in [0.15, 0.2) is 5.79 Å². The van der Waals surface area contributed by atoms with Gasteiger partial charge in [0.2, 0.25) is 5.95 Å². The summed E-state index contributed by atoms with van der Waals surface area (Å²) in [6.07, 6.45) is 7.45. The van der Waals surface area contributed by atoms with Crippen LogP contribution in [-0.2, 0) is 9.47 Å². The van der Waals surface area contributed by atoms with E-state index in [9.17, 15) is 0 Å². The fourth-order valence-electron chi connectivity index (χ4n) is 2.56. The van der Waals surface area contributed by atoms with Gasteiger partial charge in [-0.3, -0.25) is 0 Å². The number of hydrogen-bond donors (Lipinski definition) is 1. The smallest absolute Gasteiger partial charge is 0.222 e. The van der Waals surface area contributed by atoms with E-state index in [4.69, 9.17) is 9.47 Å². The average molecular weight is 314 g/mol. The van der Waals surface area contributed by atoms with Gasteiger partial charge < -0.3 is 14.8 Å². The third-order valence-electron chi connectivity index (χ3n) is 3.51. The standard InChI is InChI=1S/C12H16BrN3O2/c13-9-7-14-11(15-8-9)16-10-1-3-12(4-2-10)17-5-6-18-12/h7-8,10H,1-6H2,(H,14,15,16). The summed E-state index contributed by atoms with van der Waals surface area (Å²) in [4.78, 5) is 8.46. The first-order chi connectivity index (χ1) is 8.76. The predicted octanol–water partition coefficient (Wildman–Crippen LogP) is 2.34. The molecule has 1 aliphatic heterocycles. The van der Waals surface area contributed by atoms with E-state index in [1.807, 2.05) is 0 Å². The van der Waals surface area contributed by atoms with Crippen LogP contribution in [0.5, 0.6) is 0 Å². The molecule has 2 heterocycles. The Bertz CT molecular complexity index is 396. The number of nitrogens with one attached hydrogen (secondary N) is 1. The molecule has 2 aliphatic rings. The van der Waals surface area contributed by atoms with Gasteiger partial charge in [-0.1, -0.05) is 0 Å².